The fourth-order valence-corrected chi connectivity index (χ4v) is 4.65. The minimum atomic E-state index is -0.897. The van der Waals surface area contributed by atoms with E-state index in [1.165, 1.54) is 0 Å². The number of carboxylic acid groups (broad SMARTS) is 1. The molecule has 2 aliphatic rings. The van der Waals surface area contributed by atoms with Crippen LogP contribution in [0, 0.1) is 11.8 Å². The van der Waals surface area contributed by atoms with Gasteiger partial charge in [0.15, 0.2) is 0 Å². The molecule has 0 bridgehead atoms. The Morgan fingerprint density at radius 3 is 2.24 bits per heavy atom. The van der Waals surface area contributed by atoms with Crippen molar-refractivity contribution in [2.75, 3.05) is 19.8 Å². The number of alkyl carbamates (subject to hydrolysis) is 1. The number of ether oxygens (including phenoxy) is 2. The molecule has 1 heterocycles. The molecule has 4 rings (SSSR count). The highest BCUT2D eigenvalue weighted by molar-refractivity contribution is 5.86. The van der Waals surface area contributed by atoms with E-state index >= 15 is 0 Å². The number of hydrogen-bond acceptors (Lipinski definition) is 5. The van der Waals surface area contributed by atoms with Gasteiger partial charge in [-0.25, -0.2) is 4.79 Å². The van der Waals surface area contributed by atoms with Gasteiger partial charge in [0, 0.05) is 12.5 Å². The second kappa shape index (κ2) is 10.3. The largest absolute Gasteiger partial charge is 0.481 e. The lowest BCUT2D eigenvalue weighted by Gasteiger charge is -2.23. The molecule has 1 aliphatic heterocycles. The number of hydrogen-bond donors (Lipinski definition) is 3. The normalized spacial score (nSPS) is 19.9. The lowest BCUT2D eigenvalue weighted by molar-refractivity contribution is -0.141. The number of carbonyl (C=O) groups excluding carboxylic acids is 2. The Morgan fingerprint density at radius 1 is 1.06 bits per heavy atom. The second-order valence-electron chi connectivity index (χ2n) is 9.16. The topological polar surface area (TPSA) is 114 Å². The lowest BCUT2D eigenvalue weighted by atomic mass is 9.98. The van der Waals surface area contributed by atoms with Gasteiger partial charge in [0.25, 0.3) is 0 Å². The maximum Gasteiger partial charge on any atom is 0.407 e. The van der Waals surface area contributed by atoms with Gasteiger partial charge in [-0.3, -0.25) is 9.59 Å². The van der Waals surface area contributed by atoms with Gasteiger partial charge in [-0.2, -0.15) is 0 Å². The van der Waals surface area contributed by atoms with E-state index in [4.69, 9.17) is 14.6 Å². The van der Waals surface area contributed by atoms with Gasteiger partial charge in [-0.05, 0) is 34.6 Å². The first-order valence-corrected chi connectivity index (χ1v) is 11.6. The van der Waals surface area contributed by atoms with Crippen molar-refractivity contribution in [2.24, 2.45) is 11.8 Å². The zero-order valence-electron chi connectivity index (χ0n) is 19.3. The molecule has 3 atom stereocenters. The van der Waals surface area contributed by atoms with Crippen LogP contribution in [-0.2, 0) is 19.1 Å². The van der Waals surface area contributed by atoms with Crippen LogP contribution in [0.3, 0.4) is 0 Å². The Labute approximate surface area is 198 Å². The number of carboxylic acids is 1. The molecule has 8 nitrogen and oxygen atoms in total. The number of nitrogens with one attached hydrogen (secondary N) is 2. The Kier molecular flexibility index (Phi) is 7.17. The summed E-state index contributed by atoms with van der Waals surface area (Å²) in [5, 5.41) is 14.5. The average molecular weight is 467 g/mol. The SMILES string of the molecule is CC(C)[C@@H](NC(=O)OCC1c2ccccc2-c2ccccc21)C(=O)NCC1CC(C(=O)O)CO1. The summed E-state index contributed by atoms with van der Waals surface area (Å²) in [5.74, 6) is -2.04. The van der Waals surface area contributed by atoms with Crippen LogP contribution >= 0.6 is 0 Å². The zero-order chi connectivity index (χ0) is 24.2. The highest BCUT2D eigenvalue weighted by atomic mass is 16.5. The Morgan fingerprint density at radius 2 is 1.68 bits per heavy atom. The third-order valence-electron chi connectivity index (χ3n) is 6.50. The van der Waals surface area contributed by atoms with Gasteiger partial charge in [-0.1, -0.05) is 62.4 Å². The van der Waals surface area contributed by atoms with Gasteiger partial charge in [0.05, 0.1) is 18.6 Å². The van der Waals surface area contributed by atoms with E-state index in [2.05, 4.69) is 22.8 Å². The van der Waals surface area contributed by atoms with E-state index in [-0.39, 0.29) is 43.6 Å². The molecule has 2 unspecified atom stereocenters. The minimum Gasteiger partial charge on any atom is -0.481 e. The number of fused-ring (bicyclic) bond motifs is 3. The molecule has 3 N–H and O–H groups in total. The smallest absolute Gasteiger partial charge is 0.407 e. The first-order valence-electron chi connectivity index (χ1n) is 11.6. The van der Waals surface area contributed by atoms with Crippen LogP contribution in [0.2, 0.25) is 0 Å². The molecule has 0 spiro atoms. The summed E-state index contributed by atoms with van der Waals surface area (Å²) in [6.07, 6.45) is -0.659. The first-order chi connectivity index (χ1) is 16.3. The fourth-order valence-electron chi connectivity index (χ4n) is 4.65. The van der Waals surface area contributed by atoms with Crippen LogP contribution in [0.5, 0.6) is 0 Å². The van der Waals surface area contributed by atoms with Crippen LogP contribution in [-0.4, -0.2) is 55.0 Å². The summed E-state index contributed by atoms with van der Waals surface area (Å²) in [6, 6.07) is 15.4. The molecule has 180 valence electrons. The molecule has 2 aromatic carbocycles. The minimum absolute atomic E-state index is 0.0637. The third-order valence-corrected chi connectivity index (χ3v) is 6.50. The third kappa shape index (κ3) is 5.07. The van der Waals surface area contributed by atoms with Gasteiger partial charge in [0.2, 0.25) is 5.91 Å². The van der Waals surface area contributed by atoms with Gasteiger partial charge >= 0.3 is 12.1 Å². The zero-order valence-corrected chi connectivity index (χ0v) is 19.3. The van der Waals surface area contributed by atoms with Crippen LogP contribution < -0.4 is 10.6 Å². The molecule has 0 aromatic heterocycles. The summed E-state index contributed by atoms with van der Waals surface area (Å²) < 4.78 is 11.0. The van der Waals surface area contributed by atoms with E-state index in [1.807, 2.05) is 50.2 Å². The molecular formula is C26H30N2O6. The van der Waals surface area contributed by atoms with Crippen molar-refractivity contribution in [1.29, 1.82) is 0 Å². The molecule has 1 aliphatic carbocycles. The highest BCUT2D eigenvalue weighted by Gasteiger charge is 2.33. The number of benzene rings is 2. The molecule has 1 fully saturated rings. The number of rotatable bonds is 8. The molecule has 0 saturated carbocycles. The van der Waals surface area contributed by atoms with Crippen molar-refractivity contribution < 1.29 is 29.0 Å². The standard InChI is InChI=1S/C26H30N2O6/c1-15(2)23(24(29)27-12-17-11-16(13-33-17)25(30)31)28-26(32)34-14-22-20-9-5-3-7-18(20)19-8-4-6-10-21(19)22/h3-10,15-17,22-23H,11-14H2,1-2H3,(H,27,29)(H,28,32)(H,30,31)/t16?,17?,23-/m1/s1. The molecule has 8 heteroatoms. The predicted octanol–water partition coefficient (Wildman–Crippen LogP) is 3.16. The van der Waals surface area contributed by atoms with Crippen molar-refractivity contribution in [3.63, 3.8) is 0 Å². The second-order valence-corrected chi connectivity index (χ2v) is 9.16. The van der Waals surface area contributed by atoms with Crippen molar-refractivity contribution in [3.8, 4) is 11.1 Å². The summed E-state index contributed by atoms with van der Waals surface area (Å²) in [7, 11) is 0. The number of aliphatic carboxylic acids is 1. The Bertz CT molecular complexity index is 1020. The van der Waals surface area contributed by atoms with E-state index in [9.17, 15) is 14.4 Å². The average Bonchev–Trinajstić information content (AvgIpc) is 3.43. The van der Waals surface area contributed by atoms with Gasteiger partial charge in [-0.15, -0.1) is 0 Å². The molecule has 2 amide bonds. The lowest BCUT2D eigenvalue weighted by Crippen LogP contribution is -2.51. The highest BCUT2D eigenvalue weighted by Crippen LogP contribution is 2.44. The van der Waals surface area contributed by atoms with Crippen LogP contribution in [0.1, 0.15) is 37.3 Å². The summed E-state index contributed by atoms with van der Waals surface area (Å²) in [4.78, 5) is 36.4. The van der Waals surface area contributed by atoms with Crippen LogP contribution in [0.4, 0.5) is 4.79 Å². The monoisotopic (exact) mass is 466 g/mol. The Hall–Kier alpha value is -3.39. The first kappa shape index (κ1) is 23.8. The van der Waals surface area contributed by atoms with Crippen LogP contribution in [0.15, 0.2) is 48.5 Å². The van der Waals surface area contributed by atoms with E-state index in [0.717, 1.165) is 22.3 Å². The van der Waals surface area contributed by atoms with Crippen molar-refractivity contribution in [2.45, 2.75) is 38.3 Å². The predicted molar refractivity (Wildman–Crippen MR) is 125 cm³/mol. The molecular weight excluding hydrogens is 436 g/mol. The molecule has 2 aromatic rings. The quantitative estimate of drug-likeness (QED) is 0.551. The summed E-state index contributed by atoms with van der Waals surface area (Å²) >= 11 is 0. The molecule has 34 heavy (non-hydrogen) atoms. The molecule has 1 saturated heterocycles. The van der Waals surface area contributed by atoms with E-state index in [0.29, 0.717) is 6.42 Å². The number of amides is 2. The van der Waals surface area contributed by atoms with Crippen molar-refractivity contribution in [1.82, 2.24) is 10.6 Å². The van der Waals surface area contributed by atoms with Crippen LogP contribution in [0.25, 0.3) is 11.1 Å². The van der Waals surface area contributed by atoms with Crippen molar-refractivity contribution in [3.05, 3.63) is 59.7 Å². The summed E-state index contributed by atoms with van der Waals surface area (Å²) in [5.41, 5.74) is 4.52. The van der Waals surface area contributed by atoms with E-state index in [1.54, 1.807) is 0 Å². The maximum atomic E-state index is 12.7. The van der Waals surface area contributed by atoms with E-state index < -0.39 is 24.0 Å². The van der Waals surface area contributed by atoms with Gasteiger partial charge in [0.1, 0.15) is 12.6 Å². The number of carbonyl (C=O) groups is 3. The fraction of sp³-hybridized carbons (Fsp3) is 0.423. The summed E-state index contributed by atoms with van der Waals surface area (Å²) in [6.45, 7) is 4.17. The van der Waals surface area contributed by atoms with Gasteiger partial charge < -0.3 is 25.2 Å². The maximum absolute atomic E-state index is 12.7. The Balaban J connectivity index is 1.32. The molecule has 0 radical (unpaired) electrons. The van der Waals surface area contributed by atoms with Crippen molar-refractivity contribution >= 4 is 18.0 Å².